The molecule has 0 spiro atoms. The third-order valence-electron chi connectivity index (χ3n) is 6.25. The number of benzene rings is 2. The molecule has 2 aromatic rings. The van der Waals surface area contributed by atoms with Crippen LogP contribution in [-0.2, 0) is 21.5 Å². The minimum absolute atomic E-state index is 0.0439. The van der Waals surface area contributed by atoms with Gasteiger partial charge in [-0.2, -0.15) is 0 Å². The van der Waals surface area contributed by atoms with Crippen molar-refractivity contribution in [3.05, 3.63) is 64.7 Å². The predicted molar refractivity (Wildman–Crippen MR) is 132 cm³/mol. The first kappa shape index (κ1) is 25.1. The van der Waals surface area contributed by atoms with Gasteiger partial charge in [-0.15, -0.1) is 0 Å². The average Bonchev–Trinajstić information content (AvgIpc) is 3.29. The van der Waals surface area contributed by atoms with Crippen LogP contribution in [0.15, 0.2) is 48.5 Å². The van der Waals surface area contributed by atoms with Crippen LogP contribution in [0.2, 0.25) is 5.02 Å². The molecule has 0 heterocycles. The molecule has 1 aliphatic rings. The first-order chi connectivity index (χ1) is 15.6. The summed E-state index contributed by atoms with van der Waals surface area (Å²) in [5.41, 5.74) is 2.03. The molecule has 1 fully saturated rings. The molecule has 0 aromatic heterocycles. The van der Waals surface area contributed by atoms with E-state index in [0.717, 1.165) is 31.2 Å². The second-order valence-electron chi connectivity index (χ2n) is 9.84. The first-order valence-electron chi connectivity index (χ1n) is 11.7. The average molecular weight is 471 g/mol. The van der Waals surface area contributed by atoms with Crippen LogP contribution in [-0.4, -0.2) is 35.4 Å². The summed E-state index contributed by atoms with van der Waals surface area (Å²) >= 11 is 6.35. The Kier molecular flexibility index (Phi) is 8.41. The van der Waals surface area contributed by atoms with Crippen molar-refractivity contribution in [2.45, 2.75) is 77.4 Å². The normalized spacial score (nSPS) is 15.2. The van der Waals surface area contributed by atoms with Crippen molar-refractivity contribution in [2.24, 2.45) is 0 Å². The molecular formula is C27H35ClN2O3. The van der Waals surface area contributed by atoms with Crippen molar-refractivity contribution >= 4 is 23.4 Å². The lowest BCUT2D eigenvalue weighted by molar-refractivity contribution is -0.142. The van der Waals surface area contributed by atoms with Gasteiger partial charge in [-0.25, -0.2) is 0 Å². The van der Waals surface area contributed by atoms with E-state index in [4.69, 9.17) is 16.3 Å². The van der Waals surface area contributed by atoms with Crippen LogP contribution in [0, 0.1) is 0 Å². The molecule has 33 heavy (non-hydrogen) atoms. The van der Waals surface area contributed by atoms with Crippen LogP contribution >= 0.6 is 11.6 Å². The number of rotatable bonds is 8. The number of carbonyl (C=O) groups excluding carboxylic acids is 2. The van der Waals surface area contributed by atoms with E-state index < -0.39 is 6.04 Å². The van der Waals surface area contributed by atoms with Crippen LogP contribution in [0.25, 0.3) is 0 Å². The fourth-order valence-electron chi connectivity index (χ4n) is 4.06. The number of nitrogens with one attached hydrogen (secondary N) is 1. The number of amides is 2. The molecule has 0 aliphatic heterocycles. The highest BCUT2D eigenvalue weighted by molar-refractivity contribution is 6.31. The molecule has 1 N–H and O–H groups in total. The number of nitrogens with zero attached hydrogens (tertiary/aromatic N) is 1. The standard InChI is InChI=1S/C27H35ClN2O3/c1-19(26(32)29-22-10-6-7-11-22)30(17-20-9-5-8-12-24(20)28)25(31)18-33-23-15-13-21(14-16-23)27(2,3)4/h5,8-9,12-16,19,22H,6-7,10-11,17-18H2,1-4H3,(H,29,32). The highest BCUT2D eigenvalue weighted by atomic mass is 35.5. The smallest absolute Gasteiger partial charge is 0.261 e. The summed E-state index contributed by atoms with van der Waals surface area (Å²) < 4.78 is 5.79. The summed E-state index contributed by atoms with van der Waals surface area (Å²) in [7, 11) is 0. The quantitative estimate of drug-likeness (QED) is 0.554. The van der Waals surface area contributed by atoms with Crippen molar-refractivity contribution in [2.75, 3.05) is 6.61 Å². The zero-order chi connectivity index (χ0) is 24.0. The number of hydrogen-bond acceptors (Lipinski definition) is 3. The van der Waals surface area contributed by atoms with E-state index in [9.17, 15) is 9.59 Å². The third kappa shape index (κ3) is 6.97. The van der Waals surface area contributed by atoms with Crippen molar-refractivity contribution in [1.29, 1.82) is 0 Å². The summed E-state index contributed by atoms with van der Waals surface area (Å²) in [5.74, 6) is 0.220. The van der Waals surface area contributed by atoms with Gasteiger partial charge < -0.3 is 15.0 Å². The molecular weight excluding hydrogens is 436 g/mol. The Bertz CT molecular complexity index is 947. The van der Waals surface area contributed by atoms with Crippen molar-refractivity contribution in [3.63, 3.8) is 0 Å². The lowest BCUT2D eigenvalue weighted by Crippen LogP contribution is -2.50. The van der Waals surface area contributed by atoms with Gasteiger partial charge in [0.05, 0.1) is 0 Å². The predicted octanol–water partition coefficient (Wildman–Crippen LogP) is 5.49. The fraction of sp³-hybridized carbons (Fsp3) is 0.481. The third-order valence-corrected chi connectivity index (χ3v) is 6.62. The van der Waals surface area contributed by atoms with Gasteiger partial charge in [-0.1, -0.05) is 75.5 Å². The Hall–Kier alpha value is -2.53. The van der Waals surface area contributed by atoms with E-state index in [1.807, 2.05) is 42.5 Å². The zero-order valence-corrected chi connectivity index (χ0v) is 20.8. The summed E-state index contributed by atoms with van der Waals surface area (Å²) in [6, 6.07) is 14.7. The van der Waals surface area contributed by atoms with Crippen molar-refractivity contribution < 1.29 is 14.3 Å². The number of ether oxygens (including phenoxy) is 1. The van der Waals surface area contributed by atoms with E-state index in [0.29, 0.717) is 10.8 Å². The van der Waals surface area contributed by atoms with Gasteiger partial charge >= 0.3 is 0 Å². The van der Waals surface area contributed by atoms with E-state index in [1.54, 1.807) is 17.9 Å². The molecule has 0 bridgehead atoms. The minimum Gasteiger partial charge on any atom is -0.484 e. The topological polar surface area (TPSA) is 58.6 Å². The van der Waals surface area contributed by atoms with Gasteiger partial charge in [0, 0.05) is 17.6 Å². The van der Waals surface area contributed by atoms with E-state index >= 15 is 0 Å². The minimum atomic E-state index is -0.638. The van der Waals surface area contributed by atoms with Gasteiger partial charge in [-0.05, 0) is 54.5 Å². The number of hydrogen-bond donors (Lipinski definition) is 1. The highest BCUT2D eigenvalue weighted by Gasteiger charge is 2.29. The van der Waals surface area contributed by atoms with E-state index in [1.165, 1.54) is 5.56 Å². The summed E-state index contributed by atoms with van der Waals surface area (Å²) in [5, 5.41) is 3.67. The maximum atomic E-state index is 13.2. The largest absolute Gasteiger partial charge is 0.484 e. The molecule has 178 valence electrons. The molecule has 2 aromatic carbocycles. The molecule has 5 nitrogen and oxygen atoms in total. The maximum Gasteiger partial charge on any atom is 0.261 e. The fourth-order valence-corrected chi connectivity index (χ4v) is 4.26. The van der Waals surface area contributed by atoms with Gasteiger partial charge in [0.1, 0.15) is 11.8 Å². The zero-order valence-electron chi connectivity index (χ0n) is 20.1. The lowest BCUT2D eigenvalue weighted by atomic mass is 9.87. The van der Waals surface area contributed by atoms with Gasteiger partial charge in [0.15, 0.2) is 6.61 Å². The molecule has 1 atom stereocenters. The monoisotopic (exact) mass is 470 g/mol. The van der Waals surface area contributed by atoms with Crippen LogP contribution in [0.5, 0.6) is 5.75 Å². The second kappa shape index (κ2) is 11.1. The Morgan fingerprint density at radius 2 is 1.73 bits per heavy atom. The summed E-state index contributed by atoms with van der Waals surface area (Å²) in [6.45, 7) is 8.30. The van der Waals surface area contributed by atoms with Crippen LogP contribution in [0.3, 0.4) is 0 Å². The highest BCUT2D eigenvalue weighted by Crippen LogP contribution is 2.25. The van der Waals surface area contributed by atoms with E-state index in [2.05, 4.69) is 26.1 Å². The van der Waals surface area contributed by atoms with E-state index in [-0.39, 0.29) is 36.4 Å². The van der Waals surface area contributed by atoms with Crippen molar-refractivity contribution in [1.82, 2.24) is 10.2 Å². The number of carbonyl (C=O) groups is 2. The van der Waals surface area contributed by atoms with Crippen LogP contribution in [0.4, 0.5) is 0 Å². The molecule has 2 amide bonds. The Morgan fingerprint density at radius 1 is 1.09 bits per heavy atom. The molecule has 3 rings (SSSR count). The molecule has 0 radical (unpaired) electrons. The molecule has 6 heteroatoms. The Labute approximate surface area is 202 Å². The van der Waals surface area contributed by atoms with Gasteiger partial charge in [0.2, 0.25) is 5.91 Å². The lowest BCUT2D eigenvalue weighted by Gasteiger charge is -2.30. The molecule has 1 saturated carbocycles. The van der Waals surface area contributed by atoms with Crippen LogP contribution in [0.1, 0.15) is 64.5 Å². The van der Waals surface area contributed by atoms with Gasteiger partial charge in [-0.3, -0.25) is 9.59 Å². The van der Waals surface area contributed by atoms with Crippen LogP contribution < -0.4 is 10.1 Å². The van der Waals surface area contributed by atoms with Gasteiger partial charge in [0.25, 0.3) is 5.91 Å². The maximum absolute atomic E-state index is 13.2. The first-order valence-corrected chi connectivity index (χ1v) is 12.1. The summed E-state index contributed by atoms with van der Waals surface area (Å²) in [4.78, 5) is 27.7. The molecule has 1 unspecified atom stereocenters. The summed E-state index contributed by atoms with van der Waals surface area (Å²) in [6.07, 6.45) is 4.24. The number of halogens is 1. The SMILES string of the molecule is CC(C(=O)NC1CCCC1)N(Cc1ccccc1Cl)C(=O)COc1ccc(C(C)(C)C)cc1. The second-order valence-corrected chi connectivity index (χ2v) is 10.2. The van der Waals surface area contributed by atoms with Crippen molar-refractivity contribution in [3.8, 4) is 5.75 Å². The molecule has 0 saturated heterocycles. The molecule has 1 aliphatic carbocycles. The Balaban J connectivity index is 1.70. The Morgan fingerprint density at radius 3 is 2.33 bits per heavy atom.